The van der Waals surface area contributed by atoms with Crippen LogP contribution in [0.3, 0.4) is 0 Å². The molecule has 0 aliphatic heterocycles. The van der Waals surface area contributed by atoms with E-state index in [0.717, 1.165) is 0 Å². The normalized spacial score (nSPS) is 11.4. The van der Waals surface area contributed by atoms with E-state index < -0.39 is 8.07 Å². The molecule has 1 rings (SSSR count). The van der Waals surface area contributed by atoms with Gasteiger partial charge in [0.25, 0.3) is 0 Å². The molecule has 0 aliphatic carbocycles. The average molecular weight is 232 g/mol. The van der Waals surface area contributed by atoms with Crippen LogP contribution in [0.5, 0.6) is 0 Å². The zero-order valence-electron chi connectivity index (χ0n) is 10.9. The Labute approximate surface area is 101 Å². The maximum Gasteiger partial charge on any atom is 0.0571 e. The molecule has 0 N–H and O–H groups in total. The molecule has 0 spiro atoms. The predicted octanol–water partition coefficient (Wildman–Crippen LogP) is 4.92. The van der Waals surface area contributed by atoms with Gasteiger partial charge < -0.3 is 0 Å². The van der Waals surface area contributed by atoms with Crippen molar-refractivity contribution in [3.05, 3.63) is 42.0 Å². The van der Waals surface area contributed by atoms with Crippen LogP contribution in [0, 0.1) is 0 Å². The van der Waals surface area contributed by atoms with E-state index in [-0.39, 0.29) is 0 Å². The Morgan fingerprint density at radius 1 is 1.00 bits per heavy atom. The van der Waals surface area contributed by atoms with Crippen LogP contribution in [0.2, 0.25) is 18.1 Å². The largest absolute Gasteiger partial charge is 0.0985 e. The maximum atomic E-state index is 3.79. The second kappa shape index (κ2) is 6.05. The highest BCUT2D eigenvalue weighted by molar-refractivity contribution is 6.79. The van der Waals surface area contributed by atoms with E-state index >= 15 is 0 Å². The lowest BCUT2D eigenvalue weighted by Gasteiger charge is -2.28. The van der Waals surface area contributed by atoms with Crippen LogP contribution < -0.4 is 0 Å². The van der Waals surface area contributed by atoms with E-state index in [1.807, 2.05) is 6.08 Å². The highest BCUT2D eigenvalue weighted by atomic mass is 28.3. The second-order valence-corrected chi connectivity index (χ2v) is 10.2. The number of hydrogen-bond donors (Lipinski definition) is 0. The van der Waals surface area contributed by atoms with Crippen LogP contribution in [0.15, 0.2) is 30.8 Å². The van der Waals surface area contributed by atoms with Crippen molar-refractivity contribution in [2.75, 3.05) is 0 Å². The zero-order chi connectivity index (χ0) is 12.0. The van der Waals surface area contributed by atoms with Crippen LogP contribution >= 0.6 is 0 Å². The Morgan fingerprint density at radius 3 is 1.88 bits per heavy atom. The molecular formula is C15H24Si. The molecule has 0 atom stereocenters. The van der Waals surface area contributed by atoms with Crippen LogP contribution in [-0.4, -0.2) is 8.07 Å². The Kier molecular flexibility index (Phi) is 5.00. The van der Waals surface area contributed by atoms with Gasteiger partial charge in [-0.05, 0) is 11.6 Å². The molecule has 0 bridgehead atoms. The molecular weight excluding hydrogens is 208 g/mol. The molecule has 88 valence electrons. The standard InChI is InChI=1S/C15H24Si/c1-5-14-9-11-15(12-10-14)13-16(6-2,7-3)8-4/h5,9-12H,1,6-8,13H2,2-4H3. The quantitative estimate of drug-likeness (QED) is 0.611. The summed E-state index contributed by atoms with van der Waals surface area (Å²) in [5.74, 6) is 0. The first-order valence-corrected chi connectivity index (χ1v) is 9.24. The minimum atomic E-state index is -1.01. The van der Waals surface area contributed by atoms with Gasteiger partial charge in [0.05, 0.1) is 8.07 Å². The van der Waals surface area contributed by atoms with Crippen LogP contribution in [-0.2, 0) is 6.04 Å². The molecule has 1 aromatic carbocycles. The lowest BCUT2D eigenvalue weighted by atomic mass is 10.1. The van der Waals surface area contributed by atoms with Gasteiger partial charge in [0.15, 0.2) is 0 Å². The highest BCUT2D eigenvalue weighted by Gasteiger charge is 2.26. The van der Waals surface area contributed by atoms with Gasteiger partial charge in [0.1, 0.15) is 0 Å². The summed E-state index contributed by atoms with van der Waals surface area (Å²) < 4.78 is 0. The van der Waals surface area contributed by atoms with Gasteiger partial charge >= 0.3 is 0 Å². The third-order valence-electron chi connectivity index (χ3n) is 4.04. The van der Waals surface area contributed by atoms with E-state index in [1.165, 1.54) is 35.3 Å². The van der Waals surface area contributed by atoms with Gasteiger partial charge in [-0.2, -0.15) is 0 Å². The Morgan fingerprint density at radius 2 is 1.50 bits per heavy atom. The van der Waals surface area contributed by atoms with Gasteiger partial charge in [-0.25, -0.2) is 0 Å². The first-order chi connectivity index (χ1) is 7.69. The average Bonchev–Trinajstić information content (AvgIpc) is 2.37. The third kappa shape index (κ3) is 3.08. The van der Waals surface area contributed by atoms with Crippen molar-refractivity contribution in [3.8, 4) is 0 Å². The van der Waals surface area contributed by atoms with Crippen molar-refractivity contribution in [3.63, 3.8) is 0 Å². The topological polar surface area (TPSA) is 0 Å². The molecule has 1 aromatic rings. The zero-order valence-corrected chi connectivity index (χ0v) is 11.9. The van der Waals surface area contributed by atoms with Crippen LogP contribution in [0.4, 0.5) is 0 Å². The lowest BCUT2D eigenvalue weighted by Crippen LogP contribution is -2.34. The Bertz CT molecular complexity index is 312. The van der Waals surface area contributed by atoms with Crippen molar-refractivity contribution in [1.82, 2.24) is 0 Å². The molecule has 0 amide bonds. The molecule has 0 heterocycles. The van der Waals surface area contributed by atoms with Gasteiger partial charge in [0.2, 0.25) is 0 Å². The first-order valence-electron chi connectivity index (χ1n) is 6.41. The summed E-state index contributed by atoms with van der Waals surface area (Å²) in [6.07, 6.45) is 1.91. The highest BCUT2D eigenvalue weighted by Crippen LogP contribution is 2.25. The fraction of sp³-hybridized carbons (Fsp3) is 0.467. The van der Waals surface area contributed by atoms with Crippen molar-refractivity contribution in [1.29, 1.82) is 0 Å². The fourth-order valence-electron chi connectivity index (χ4n) is 2.33. The van der Waals surface area contributed by atoms with Crippen LogP contribution in [0.1, 0.15) is 31.9 Å². The Balaban J connectivity index is 2.81. The van der Waals surface area contributed by atoms with Crippen molar-refractivity contribution < 1.29 is 0 Å². The lowest BCUT2D eigenvalue weighted by molar-refractivity contribution is 1.10. The molecule has 0 radical (unpaired) electrons. The molecule has 16 heavy (non-hydrogen) atoms. The number of hydrogen-bond acceptors (Lipinski definition) is 0. The molecule has 0 unspecified atom stereocenters. The van der Waals surface area contributed by atoms with Gasteiger partial charge in [0, 0.05) is 0 Å². The molecule has 0 aromatic heterocycles. The minimum Gasteiger partial charge on any atom is -0.0985 e. The van der Waals surface area contributed by atoms with E-state index in [9.17, 15) is 0 Å². The van der Waals surface area contributed by atoms with E-state index in [4.69, 9.17) is 0 Å². The number of benzene rings is 1. The van der Waals surface area contributed by atoms with Crippen molar-refractivity contribution >= 4 is 14.1 Å². The molecule has 0 fully saturated rings. The Hall–Kier alpha value is -0.823. The monoisotopic (exact) mass is 232 g/mol. The van der Waals surface area contributed by atoms with E-state index in [0.29, 0.717) is 0 Å². The summed E-state index contributed by atoms with van der Waals surface area (Å²) in [4.78, 5) is 0. The molecule has 1 heteroatoms. The smallest absolute Gasteiger partial charge is 0.0571 e. The summed E-state index contributed by atoms with van der Waals surface area (Å²) in [6.45, 7) is 10.9. The predicted molar refractivity (Wildman–Crippen MR) is 77.4 cm³/mol. The van der Waals surface area contributed by atoms with Gasteiger partial charge in [-0.15, -0.1) is 0 Å². The second-order valence-electron chi connectivity index (χ2n) is 4.68. The van der Waals surface area contributed by atoms with Crippen LogP contribution in [0.25, 0.3) is 6.08 Å². The van der Waals surface area contributed by atoms with Gasteiger partial charge in [-0.1, -0.05) is 81.4 Å². The van der Waals surface area contributed by atoms with Gasteiger partial charge in [-0.3, -0.25) is 0 Å². The van der Waals surface area contributed by atoms with E-state index in [2.05, 4.69) is 51.6 Å². The first kappa shape index (κ1) is 13.2. The van der Waals surface area contributed by atoms with Crippen molar-refractivity contribution in [2.24, 2.45) is 0 Å². The summed E-state index contributed by atoms with van der Waals surface area (Å²) >= 11 is 0. The SMILES string of the molecule is C=Cc1ccc(C[Si](CC)(CC)CC)cc1. The summed E-state index contributed by atoms with van der Waals surface area (Å²) in [7, 11) is -1.01. The molecule has 0 saturated heterocycles. The third-order valence-corrected chi connectivity index (χ3v) is 9.70. The fourth-order valence-corrected chi connectivity index (χ4v) is 5.68. The molecule has 0 saturated carbocycles. The maximum absolute atomic E-state index is 3.79. The molecule has 0 aliphatic rings. The van der Waals surface area contributed by atoms with Crippen molar-refractivity contribution in [2.45, 2.75) is 44.9 Å². The summed E-state index contributed by atoms with van der Waals surface area (Å²) in [5.41, 5.74) is 2.74. The molecule has 0 nitrogen and oxygen atoms in total. The summed E-state index contributed by atoms with van der Waals surface area (Å²) in [5, 5.41) is 0. The minimum absolute atomic E-state index is 1.01. The number of rotatable bonds is 6. The summed E-state index contributed by atoms with van der Waals surface area (Å²) in [6, 6.07) is 14.5. The van der Waals surface area contributed by atoms with E-state index in [1.54, 1.807) is 0 Å².